The van der Waals surface area contributed by atoms with E-state index in [1.165, 1.54) is 18.3 Å². The van der Waals surface area contributed by atoms with Gasteiger partial charge in [-0.1, -0.05) is 53.8 Å². The van der Waals surface area contributed by atoms with E-state index in [1.54, 1.807) is 6.07 Å². The lowest BCUT2D eigenvalue weighted by Gasteiger charge is -2.05. The molecule has 0 aliphatic rings. The lowest BCUT2D eigenvalue weighted by Crippen LogP contribution is -2.02. The highest BCUT2D eigenvalue weighted by atomic mass is 32.1. The zero-order valence-electron chi connectivity index (χ0n) is 12.8. The molecule has 0 aliphatic carbocycles. The minimum Gasteiger partial charge on any atom is -0.426 e. The Kier molecular flexibility index (Phi) is 3.59. The summed E-state index contributed by atoms with van der Waals surface area (Å²) < 4.78 is 7.10. The van der Waals surface area contributed by atoms with Crippen LogP contribution in [0.3, 0.4) is 0 Å². The summed E-state index contributed by atoms with van der Waals surface area (Å²) >= 11 is 1.46. The summed E-state index contributed by atoms with van der Waals surface area (Å²) in [6.45, 7) is 1.39. The molecule has 4 rings (SSSR count). The molecule has 0 bridgehead atoms. The number of ether oxygens (including phenoxy) is 1. The number of esters is 1. The van der Waals surface area contributed by atoms with Crippen molar-refractivity contribution in [2.45, 2.75) is 6.92 Å². The SMILES string of the molecule is CC(=O)Oc1ccccc1-c1nn2c(-c3ccccc3)cnc2s1. The van der Waals surface area contributed by atoms with Crippen LogP contribution in [-0.4, -0.2) is 20.6 Å². The van der Waals surface area contributed by atoms with Gasteiger partial charge in [0.15, 0.2) is 5.01 Å². The topological polar surface area (TPSA) is 56.5 Å². The molecule has 2 heterocycles. The summed E-state index contributed by atoms with van der Waals surface area (Å²) in [5.41, 5.74) is 2.76. The predicted molar refractivity (Wildman–Crippen MR) is 93.0 cm³/mol. The Morgan fingerprint density at radius 1 is 1.08 bits per heavy atom. The second-order valence-corrected chi connectivity index (χ2v) is 6.16. The van der Waals surface area contributed by atoms with Gasteiger partial charge < -0.3 is 4.74 Å². The van der Waals surface area contributed by atoms with Gasteiger partial charge in [-0.25, -0.2) is 9.50 Å². The third kappa shape index (κ3) is 2.57. The Morgan fingerprint density at radius 3 is 2.62 bits per heavy atom. The summed E-state index contributed by atoms with van der Waals surface area (Å²) in [6.07, 6.45) is 1.82. The normalized spacial score (nSPS) is 10.9. The molecular weight excluding hydrogens is 322 g/mol. The molecule has 4 aromatic rings. The molecule has 0 spiro atoms. The van der Waals surface area contributed by atoms with Gasteiger partial charge in [-0.3, -0.25) is 4.79 Å². The Balaban J connectivity index is 1.83. The molecule has 0 amide bonds. The fourth-order valence-corrected chi connectivity index (χ4v) is 3.40. The van der Waals surface area contributed by atoms with Crippen molar-refractivity contribution in [2.75, 3.05) is 0 Å². The molecular formula is C18H13N3O2S. The average molecular weight is 335 g/mol. The van der Waals surface area contributed by atoms with E-state index < -0.39 is 0 Å². The third-order valence-electron chi connectivity index (χ3n) is 3.53. The van der Waals surface area contributed by atoms with Crippen LogP contribution < -0.4 is 4.74 Å². The Bertz CT molecular complexity index is 1020. The van der Waals surface area contributed by atoms with Crippen LogP contribution in [0.5, 0.6) is 5.75 Å². The maximum absolute atomic E-state index is 11.3. The molecule has 0 saturated carbocycles. The lowest BCUT2D eigenvalue weighted by molar-refractivity contribution is -0.131. The minimum absolute atomic E-state index is 0.353. The Hall–Kier alpha value is -2.99. The number of rotatable bonds is 3. The van der Waals surface area contributed by atoms with Crippen molar-refractivity contribution in [3.63, 3.8) is 0 Å². The smallest absolute Gasteiger partial charge is 0.308 e. The Labute approximate surface area is 142 Å². The standard InChI is InChI=1S/C18H13N3O2S/c1-12(22)23-16-10-6-5-9-14(16)17-20-21-15(11-19-18(21)24-17)13-7-3-2-4-8-13/h2-11H,1H3. The molecule has 5 nitrogen and oxygen atoms in total. The van der Waals surface area contributed by atoms with E-state index in [0.29, 0.717) is 5.75 Å². The van der Waals surface area contributed by atoms with Crippen LogP contribution >= 0.6 is 11.3 Å². The van der Waals surface area contributed by atoms with Crippen molar-refractivity contribution in [3.05, 3.63) is 60.8 Å². The van der Waals surface area contributed by atoms with Crippen LogP contribution in [0.25, 0.3) is 26.8 Å². The third-order valence-corrected chi connectivity index (χ3v) is 4.48. The van der Waals surface area contributed by atoms with Gasteiger partial charge in [0.1, 0.15) is 5.75 Å². The highest BCUT2D eigenvalue weighted by Gasteiger charge is 2.16. The zero-order chi connectivity index (χ0) is 16.5. The van der Waals surface area contributed by atoms with Crippen molar-refractivity contribution in [1.82, 2.24) is 14.6 Å². The monoisotopic (exact) mass is 335 g/mol. The molecule has 118 valence electrons. The maximum Gasteiger partial charge on any atom is 0.308 e. The van der Waals surface area contributed by atoms with Crippen molar-refractivity contribution in [3.8, 4) is 27.6 Å². The van der Waals surface area contributed by atoms with Crippen LogP contribution in [0.2, 0.25) is 0 Å². The number of fused-ring (bicyclic) bond motifs is 1. The largest absolute Gasteiger partial charge is 0.426 e. The summed E-state index contributed by atoms with van der Waals surface area (Å²) in [4.78, 5) is 16.5. The summed E-state index contributed by atoms with van der Waals surface area (Å²) in [5, 5.41) is 5.43. The molecule has 0 atom stereocenters. The molecule has 2 aromatic heterocycles. The van der Waals surface area contributed by atoms with Gasteiger partial charge in [0.2, 0.25) is 4.96 Å². The van der Waals surface area contributed by atoms with Gasteiger partial charge in [-0.05, 0) is 12.1 Å². The first kappa shape index (κ1) is 14.6. The first-order valence-electron chi connectivity index (χ1n) is 7.40. The molecule has 2 aromatic carbocycles. The second kappa shape index (κ2) is 5.90. The number of benzene rings is 2. The summed E-state index contributed by atoms with van der Waals surface area (Å²) in [6, 6.07) is 17.4. The molecule has 0 fully saturated rings. The van der Waals surface area contributed by atoms with E-state index in [4.69, 9.17) is 4.74 Å². The average Bonchev–Trinajstić information content (AvgIpc) is 3.16. The number of hydrogen-bond donors (Lipinski definition) is 0. The van der Waals surface area contributed by atoms with Crippen LogP contribution in [-0.2, 0) is 4.79 Å². The zero-order valence-corrected chi connectivity index (χ0v) is 13.7. The molecule has 0 aliphatic heterocycles. The number of carbonyl (C=O) groups is 1. The van der Waals surface area contributed by atoms with Crippen molar-refractivity contribution >= 4 is 22.3 Å². The lowest BCUT2D eigenvalue weighted by atomic mass is 10.2. The number of hydrogen-bond acceptors (Lipinski definition) is 5. The number of nitrogens with zero attached hydrogens (tertiary/aromatic N) is 3. The number of imidazole rings is 1. The van der Waals surface area contributed by atoms with E-state index >= 15 is 0 Å². The Morgan fingerprint density at radius 2 is 1.83 bits per heavy atom. The quantitative estimate of drug-likeness (QED) is 0.419. The summed E-state index contributed by atoms with van der Waals surface area (Å²) in [7, 11) is 0. The molecule has 0 unspecified atom stereocenters. The molecule has 0 radical (unpaired) electrons. The molecule has 24 heavy (non-hydrogen) atoms. The van der Waals surface area contributed by atoms with Gasteiger partial charge in [0.25, 0.3) is 0 Å². The fourth-order valence-electron chi connectivity index (χ4n) is 2.49. The van der Waals surface area contributed by atoms with Gasteiger partial charge in [0.05, 0.1) is 17.5 Å². The fraction of sp³-hybridized carbons (Fsp3) is 0.0556. The van der Waals surface area contributed by atoms with E-state index in [-0.39, 0.29) is 5.97 Å². The maximum atomic E-state index is 11.3. The molecule has 0 N–H and O–H groups in total. The van der Waals surface area contributed by atoms with Crippen molar-refractivity contribution < 1.29 is 9.53 Å². The van der Waals surface area contributed by atoms with E-state index in [1.807, 2.05) is 59.2 Å². The van der Waals surface area contributed by atoms with E-state index in [2.05, 4.69) is 10.1 Å². The highest BCUT2D eigenvalue weighted by Crippen LogP contribution is 2.34. The first-order chi connectivity index (χ1) is 11.7. The predicted octanol–water partition coefficient (Wildman–Crippen LogP) is 4.05. The van der Waals surface area contributed by atoms with Crippen LogP contribution in [0.4, 0.5) is 0 Å². The van der Waals surface area contributed by atoms with Crippen LogP contribution in [0.1, 0.15) is 6.92 Å². The number of aromatic nitrogens is 3. The van der Waals surface area contributed by atoms with E-state index in [9.17, 15) is 4.79 Å². The van der Waals surface area contributed by atoms with Crippen molar-refractivity contribution in [2.24, 2.45) is 0 Å². The van der Waals surface area contributed by atoms with E-state index in [0.717, 1.165) is 26.8 Å². The van der Waals surface area contributed by atoms with Crippen LogP contribution in [0.15, 0.2) is 60.8 Å². The molecule has 6 heteroatoms. The molecule has 0 saturated heterocycles. The number of para-hydroxylation sites is 1. The van der Waals surface area contributed by atoms with Crippen molar-refractivity contribution in [1.29, 1.82) is 0 Å². The second-order valence-electron chi connectivity index (χ2n) is 5.20. The van der Waals surface area contributed by atoms with Gasteiger partial charge in [-0.15, -0.1) is 0 Å². The highest BCUT2D eigenvalue weighted by molar-refractivity contribution is 7.19. The van der Waals surface area contributed by atoms with Gasteiger partial charge in [-0.2, -0.15) is 5.10 Å². The minimum atomic E-state index is -0.353. The number of carbonyl (C=O) groups excluding carboxylic acids is 1. The van der Waals surface area contributed by atoms with Crippen LogP contribution in [0, 0.1) is 0 Å². The van der Waals surface area contributed by atoms with Gasteiger partial charge in [0, 0.05) is 12.5 Å². The summed E-state index contributed by atoms with van der Waals surface area (Å²) in [5.74, 6) is 0.150. The first-order valence-corrected chi connectivity index (χ1v) is 8.22. The van der Waals surface area contributed by atoms with Gasteiger partial charge >= 0.3 is 5.97 Å².